The van der Waals surface area contributed by atoms with Gasteiger partial charge in [0.2, 0.25) is 10.0 Å². The fourth-order valence-electron chi connectivity index (χ4n) is 4.24. The van der Waals surface area contributed by atoms with E-state index in [-0.39, 0.29) is 0 Å². The molecule has 0 unspecified atom stereocenters. The van der Waals surface area contributed by atoms with Crippen LogP contribution in [0, 0.1) is 0 Å². The van der Waals surface area contributed by atoms with Gasteiger partial charge in [0.15, 0.2) is 0 Å². The van der Waals surface area contributed by atoms with Gasteiger partial charge in [0.05, 0.1) is 18.1 Å². The molecule has 0 aliphatic carbocycles. The van der Waals surface area contributed by atoms with Crippen molar-refractivity contribution in [3.63, 3.8) is 0 Å². The molecule has 0 spiro atoms. The summed E-state index contributed by atoms with van der Waals surface area (Å²) < 4.78 is 32.6. The number of ether oxygens (including phenoxy) is 1. The minimum absolute atomic E-state index is 0.407. The van der Waals surface area contributed by atoms with E-state index in [1.165, 1.54) is 14.8 Å². The summed E-state index contributed by atoms with van der Waals surface area (Å²) in [6, 6.07) is 18.2. The molecule has 0 bridgehead atoms. The Morgan fingerprint density at radius 2 is 1.38 bits per heavy atom. The zero-order valence-corrected chi connectivity index (χ0v) is 17.7. The summed E-state index contributed by atoms with van der Waals surface area (Å²) in [5.41, 5.74) is 2.49. The molecule has 29 heavy (non-hydrogen) atoms. The Balaban J connectivity index is 1.34. The van der Waals surface area contributed by atoms with Gasteiger partial charge in [0, 0.05) is 24.2 Å². The van der Waals surface area contributed by atoms with Crippen molar-refractivity contribution in [2.75, 3.05) is 52.5 Å². The summed E-state index contributed by atoms with van der Waals surface area (Å²) in [5.74, 6) is 0. The highest BCUT2D eigenvalue weighted by Crippen LogP contribution is 2.18. The summed E-state index contributed by atoms with van der Waals surface area (Å²) in [6.07, 6.45) is 0. The van der Waals surface area contributed by atoms with E-state index < -0.39 is 10.0 Å². The Kier molecular flexibility index (Phi) is 6.62. The van der Waals surface area contributed by atoms with Crippen LogP contribution in [-0.4, -0.2) is 65.2 Å². The molecule has 0 atom stereocenters. The predicted molar refractivity (Wildman–Crippen MR) is 111 cm³/mol. The van der Waals surface area contributed by atoms with E-state index >= 15 is 0 Å². The van der Waals surface area contributed by atoms with E-state index in [4.69, 9.17) is 4.74 Å². The molecule has 0 amide bonds. The van der Waals surface area contributed by atoms with Gasteiger partial charge in [-0.1, -0.05) is 42.5 Å². The largest absolute Gasteiger partial charge is 0.379 e. The predicted octanol–water partition coefficient (Wildman–Crippen LogP) is -0.809. The van der Waals surface area contributed by atoms with Crippen molar-refractivity contribution in [3.05, 3.63) is 65.7 Å². The number of piperazine rings is 1. The van der Waals surface area contributed by atoms with E-state index in [1.54, 1.807) is 11.0 Å². The van der Waals surface area contributed by atoms with Crippen LogP contribution in [0.25, 0.3) is 0 Å². The van der Waals surface area contributed by atoms with E-state index in [2.05, 4.69) is 36.4 Å². The number of quaternary nitrogens is 2. The Morgan fingerprint density at radius 1 is 0.793 bits per heavy atom. The van der Waals surface area contributed by atoms with E-state index in [9.17, 15) is 8.42 Å². The Labute approximate surface area is 173 Å². The first-order valence-electron chi connectivity index (χ1n) is 10.5. The smallest absolute Gasteiger partial charge is 0.243 e. The number of sulfonamides is 1. The van der Waals surface area contributed by atoms with Gasteiger partial charge < -0.3 is 14.5 Å². The van der Waals surface area contributed by atoms with Gasteiger partial charge in [-0.05, 0) is 12.1 Å². The fraction of sp³-hybridized carbons (Fsp3) is 0.455. The Hall–Kier alpha value is -1.77. The topological polar surface area (TPSA) is 55.5 Å². The van der Waals surface area contributed by atoms with Crippen LogP contribution in [0.1, 0.15) is 11.1 Å². The Bertz CT molecular complexity index is 891. The zero-order chi connectivity index (χ0) is 20.1. The molecule has 0 saturated carbocycles. The number of nitrogens with one attached hydrogen (secondary N) is 2. The number of hydrogen-bond acceptors (Lipinski definition) is 3. The number of nitrogens with zero attached hydrogens (tertiary/aromatic N) is 1. The summed E-state index contributed by atoms with van der Waals surface area (Å²) in [7, 11) is -3.43. The molecule has 2 aromatic rings. The molecule has 7 heteroatoms. The van der Waals surface area contributed by atoms with Crippen LogP contribution in [0.15, 0.2) is 59.5 Å². The second kappa shape index (κ2) is 9.36. The van der Waals surface area contributed by atoms with Crippen LogP contribution in [0.5, 0.6) is 0 Å². The van der Waals surface area contributed by atoms with Gasteiger partial charge in [-0.15, -0.1) is 0 Å². The highest BCUT2D eigenvalue weighted by atomic mass is 32.2. The lowest BCUT2D eigenvalue weighted by atomic mass is 10.1. The molecule has 156 valence electrons. The monoisotopic (exact) mass is 417 g/mol. The molecule has 2 N–H and O–H groups in total. The molecule has 2 saturated heterocycles. The van der Waals surface area contributed by atoms with Crippen LogP contribution in [0.4, 0.5) is 0 Å². The van der Waals surface area contributed by atoms with Crippen LogP contribution in [-0.2, 0) is 27.8 Å². The average molecular weight is 418 g/mol. The molecule has 2 aromatic carbocycles. The third-order valence-corrected chi connectivity index (χ3v) is 7.82. The standard InChI is InChI=1S/C22H29N3O3S/c26-29(27,25-13-15-28-16-14-25)22-8-4-7-21(17-22)19-24-11-9-23(10-12-24)18-20-5-2-1-3-6-20/h1-8,17H,9-16,18-19H2/p+2. The van der Waals surface area contributed by atoms with Crippen molar-refractivity contribution in [2.24, 2.45) is 0 Å². The molecule has 2 aliphatic rings. The Morgan fingerprint density at radius 3 is 2.03 bits per heavy atom. The maximum atomic E-state index is 12.9. The molecule has 2 fully saturated rings. The van der Waals surface area contributed by atoms with Gasteiger partial charge in [-0.3, -0.25) is 0 Å². The molecule has 4 rings (SSSR count). The minimum atomic E-state index is -3.43. The molecule has 0 aromatic heterocycles. The van der Waals surface area contributed by atoms with Crippen LogP contribution in [0.3, 0.4) is 0 Å². The highest BCUT2D eigenvalue weighted by Gasteiger charge is 2.27. The normalized spacial score (nSPS) is 23.7. The van der Waals surface area contributed by atoms with Crippen molar-refractivity contribution >= 4 is 10.0 Å². The summed E-state index contributed by atoms with van der Waals surface area (Å²) in [5, 5.41) is 0. The summed E-state index contributed by atoms with van der Waals surface area (Å²) in [6.45, 7) is 8.30. The maximum Gasteiger partial charge on any atom is 0.243 e. The number of benzene rings is 2. The molecule has 0 radical (unpaired) electrons. The van der Waals surface area contributed by atoms with Crippen LogP contribution >= 0.6 is 0 Å². The average Bonchev–Trinajstić information content (AvgIpc) is 2.77. The second-order valence-corrected chi connectivity index (χ2v) is 9.94. The lowest BCUT2D eigenvalue weighted by molar-refractivity contribution is -1.02. The van der Waals surface area contributed by atoms with E-state index in [0.717, 1.165) is 44.8 Å². The number of morpholine rings is 1. The van der Waals surface area contributed by atoms with Gasteiger partial charge >= 0.3 is 0 Å². The summed E-state index contributed by atoms with van der Waals surface area (Å²) in [4.78, 5) is 3.57. The van der Waals surface area contributed by atoms with Gasteiger partial charge in [0.25, 0.3) is 0 Å². The van der Waals surface area contributed by atoms with Crippen LogP contribution in [0.2, 0.25) is 0 Å². The van der Waals surface area contributed by atoms with Gasteiger partial charge in [-0.2, -0.15) is 4.31 Å². The van der Waals surface area contributed by atoms with Crippen molar-refractivity contribution in [1.82, 2.24) is 4.31 Å². The zero-order valence-electron chi connectivity index (χ0n) is 16.8. The first-order chi connectivity index (χ1) is 14.1. The third kappa shape index (κ3) is 5.24. The van der Waals surface area contributed by atoms with Gasteiger partial charge in [-0.25, -0.2) is 8.42 Å². The first-order valence-corrected chi connectivity index (χ1v) is 11.9. The van der Waals surface area contributed by atoms with Gasteiger partial charge in [0.1, 0.15) is 39.3 Å². The molecule has 6 nitrogen and oxygen atoms in total. The molecular weight excluding hydrogens is 386 g/mol. The number of hydrogen-bond donors (Lipinski definition) is 2. The van der Waals surface area contributed by atoms with Crippen LogP contribution < -0.4 is 9.80 Å². The molecule has 2 aliphatic heterocycles. The molecular formula is C22H31N3O3S+2. The molecule has 2 heterocycles. The van der Waals surface area contributed by atoms with Crippen molar-refractivity contribution < 1.29 is 23.0 Å². The quantitative estimate of drug-likeness (QED) is 0.647. The first kappa shape index (κ1) is 20.5. The van der Waals surface area contributed by atoms with Crippen molar-refractivity contribution in [2.45, 2.75) is 18.0 Å². The SMILES string of the molecule is O=S(=O)(c1cccc(C[NH+]2CC[NH+](Cc3ccccc3)CC2)c1)N1CCOCC1. The summed E-state index contributed by atoms with van der Waals surface area (Å²) >= 11 is 0. The lowest BCUT2D eigenvalue weighted by Crippen LogP contribution is -3.27. The second-order valence-electron chi connectivity index (χ2n) is 8.00. The van der Waals surface area contributed by atoms with Crippen molar-refractivity contribution in [3.8, 4) is 0 Å². The fourth-order valence-corrected chi connectivity index (χ4v) is 5.71. The maximum absolute atomic E-state index is 12.9. The van der Waals surface area contributed by atoms with E-state index in [0.29, 0.717) is 31.2 Å². The third-order valence-electron chi connectivity index (χ3n) is 5.92. The van der Waals surface area contributed by atoms with Crippen molar-refractivity contribution in [1.29, 1.82) is 0 Å². The van der Waals surface area contributed by atoms with E-state index in [1.807, 2.05) is 12.1 Å². The highest BCUT2D eigenvalue weighted by molar-refractivity contribution is 7.89. The minimum Gasteiger partial charge on any atom is -0.379 e. The lowest BCUT2D eigenvalue weighted by Gasteiger charge is -2.30. The number of rotatable bonds is 6.